The van der Waals surface area contributed by atoms with Crippen LogP contribution >= 0.6 is 0 Å². The van der Waals surface area contributed by atoms with Crippen LogP contribution in [0.25, 0.3) is 0 Å². The van der Waals surface area contributed by atoms with Gasteiger partial charge in [0.15, 0.2) is 0 Å². The van der Waals surface area contributed by atoms with Gasteiger partial charge >= 0.3 is 0 Å². The number of methoxy groups -OCH3 is 1. The van der Waals surface area contributed by atoms with Gasteiger partial charge in [-0.05, 0) is 63.0 Å². The summed E-state index contributed by atoms with van der Waals surface area (Å²) in [5.74, 6) is 2.13. The van der Waals surface area contributed by atoms with Crippen LogP contribution in [0.1, 0.15) is 55.3 Å². The molecule has 1 unspecified atom stereocenters. The van der Waals surface area contributed by atoms with Crippen molar-refractivity contribution in [2.45, 2.75) is 57.1 Å². The molecule has 2 aliphatic carbocycles. The second-order valence-corrected chi connectivity index (χ2v) is 8.38. The largest absolute Gasteiger partial charge is 0.497 e. The van der Waals surface area contributed by atoms with Gasteiger partial charge in [-0.25, -0.2) is 0 Å². The average molecular weight is 385 g/mol. The van der Waals surface area contributed by atoms with Crippen LogP contribution in [0.15, 0.2) is 30.4 Å². The summed E-state index contributed by atoms with van der Waals surface area (Å²) in [6.07, 6.45) is 12.7. The molecule has 5 heteroatoms. The van der Waals surface area contributed by atoms with Crippen LogP contribution in [0.3, 0.4) is 0 Å². The highest BCUT2D eigenvalue weighted by atomic mass is 16.5. The Labute approximate surface area is 168 Å². The Kier molecular flexibility index (Phi) is 6.20. The van der Waals surface area contributed by atoms with E-state index in [1.165, 1.54) is 25.8 Å². The van der Waals surface area contributed by atoms with Crippen molar-refractivity contribution < 1.29 is 14.3 Å². The minimum Gasteiger partial charge on any atom is -0.497 e. The van der Waals surface area contributed by atoms with Gasteiger partial charge in [0, 0.05) is 31.7 Å². The minimum atomic E-state index is -0.0389. The first-order valence-electron chi connectivity index (χ1n) is 10.7. The van der Waals surface area contributed by atoms with E-state index in [1.807, 2.05) is 18.2 Å². The van der Waals surface area contributed by atoms with E-state index in [2.05, 4.69) is 22.4 Å². The molecule has 1 saturated heterocycles. The molecular formula is C23H32N2O3. The summed E-state index contributed by atoms with van der Waals surface area (Å²) in [6, 6.07) is 5.83. The van der Waals surface area contributed by atoms with Crippen molar-refractivity contribution in [1.29, 1.82) is 0 Å². The number of carbonyl (C=O) groups excluding carboxylic acids is 1. The molecule has 0 bridgehead atoms. The quantitative estimate of drug-likeness (QED) is 0.727. The zero-order valence-electron chi connectivity index (χ0n) is 16.9. The van der Waals surface area contributed by atoms with Gasteiger partial charge in [-0.1, -0.05) is 12.2 Å². The Morgan fingerprint density at radius 3 is 2.64 bits per heavy atom. The highest BCUT2D eigenvalue weighted by molar-refractivity contribution is 5.97. The van der Waals surface area contributed by atoms with Crippen LogP contribution in [0.2, 0.25) is 0 Å². The molecule has 0 aromatic heterocycles. The zero-order chi connectivity index (χ0) is 19.3. The Balaban J connectivity index is 1.34. The van der Waals surface area contributed by atoms with Gasteiger partial charge < -0.3 is 19.7 Å². The Bertz CT molecular complexity index is 706. The fourth-order valence-corrected chi connectivity index (χ4v) is 4.18. The lowest BCUT2D eigenvalue weighted by Crippen LogP contribution is -2.41. The van der Waals surface area contributed by atoms with Gasteiger partial charge in [0.25, 0.3) is 5.91 Å². The van der Waals surface area contributed by atoms with Crippen molar-refractivity contribution >= 4 is 5.91 Å². The van der Waals surface area contributed by atoms with Crippen molar-refractivity contribution in [2.24, 2.45) is 5.92 Å². The van der Waals surface area contributed by atoms with Crippen molar-refractivity contribution in [2.75, 3.05) is 26.7 Å². The van der Waals surface area contributed by atoms with Crippen molar-refractivity contribution in [1.82, 2.24) is 10.2 Å². The fourth-order valence-electron chi connectivity index (χ4n) is 4.18. The van der Waals surface area contributed by atoms with E-state index < -0.39 is 0 Å². The maximum Gasteiger partial charge on any atom is 0.255 e. The normalized spacial score (nSPS) is 23.4. The zero-order valence-corrected chi connectivity index (χ0v) is 16.9. The van der Waals surface area contributed by atoms with Gasteiger partial charge in [0.1, 0.15) is 17.6 Å². The topological polar surface area (TPSA) is 50.8 Å². The summed E-state index contributed by atoms with van der Waals surface area (Å²) in [5.41, 5.74) is 0.615. The summed E-state index contributed by atoms with van der Waals surface area (Å²) in [7, 11) is 1.64. The van der Waals surface area contributed by atoms with Gasteiger partial charge in [-0.2, -0.15) is 0 Å². The second-order valence-electron chi connectivity index (χ2n) is 8.38. The number of benzene rings is 1. The molecule has 1 atom stereocenters. The summed E-state index contributed by atoms with van der Waals surface area (Å²) in [5, 5.41) is 3.06. The maximum atomic E-state index is 12.6. The van der Waals surface area contributed by atoms with E-state index in [4.69, 9.17) is 9.47 Å². The van der Waals surface area contributed by atoms with Crippen LogP contribution < -0.4 is 14.8 Å². The lowest BCUT2D eigenvalue weighted by molar-refractivity contribution is 0.0854. The third kappa shape index (κ3) is 5.07. The summed E-state index contributed by atoms with van der Waals surface area (Å²) >= 11 is 0. The van der Waals surface area contributed by atoms with Gasteiger partial charge in [-0.15, -0.1) is 0 Å². The van der Waals surface area contributed by atoms with Crippen LogP contribution in [-0.2, 0) is 0 Å². The first-order chi connectivity index (χ1) is 13.7. The molecule has 1 aromatic carbocycles. The van der Waals surface area contributed by atoms with Crippen LogP contribution in [0.4, 0.5) is 0 Å². The predicted molar refractivity (Wildman–Crippen MR) is 110 cm³/mol. The molecule has 1 amide bonds. The fraction of sp³-hybridized carbons (Fsp3) is 0.609. The van der Waals surface area contributed by atoms with E-state index in [-0.39, 0.29) is 12.0 Å². The summed E-state index contributed by atoms with van der Waals surface area (Å²) in [6.45, 7) is 3.34. The second kappa shape index (κ2) is 8.99. The molecule has 28 heavy (non-hydrogen) atoms. The Morgan fingerprint density at radius 1 is 1.14 bits per heavy atom. The average Bonchev–Trinajstić information content (AvgIpc) is 3.54. The Morgan fingerprint density at radius 2 is 1.96 bits per heavy atom. The summed E-state index contributed by atoms with van der Waals surface area (Å²) in [4.78, 5) is 15.2. The highest BCUT2D eigenvalue weighted by Crippen LogP contribution is 2.29. The molecule has 0 spiro atoms. The van der Waals surface area contributed by atoms with E-state index in [0.29, 0.717) is 17.4 Å². The van der Waals surface area contributed by atoms with Crippen molar-refractivity contribution in [3.8, 4) is 11.5 Å². The third-order valence-corrected chi connectivity index (χ3v) is 6.07. The number of amides is 1. The van der Waals surface area contributed by atoms with Crippen molar-refractivity contribution in [3.05, 3.63) is 35.9 Å². The number of allylic oxidation sites excluding steroid dienone is 2. The molecule has 3 aliphatic rings. The van der Waals surface area contributed by atoms with Gasteiger partial charge in [0.05, 0.1) is 12.7 Å². The molecule has 0 radical (unpaired) electrons. The number of rotatable bonds is 7. The van der Waals surface area contributed by atoms with E-state index in [9.17, 15) is 4.79 Å². The molecule has 152 valence electrons. The van der Waals surface area contributed by atoms with Gasteiger partial charge in [0.2, 0.25) is 0 Å². The number of hydrogen-bond donors (Lipinski definition) is 1. The molecule has 2 fully saturated rings. The van der Waals surface area contributed by atoms with Crippen LogP contribution in [-0.4, -0.2) is 49.7 Å². The first-order valence-corrected chi connectivity index (χ1v) is 10.7. The standard InChI is InChI=1S/C23H32N2O3/c1-27-20-9-10-21(23(26)24-18-7-8-18)22(15-20)28-19-11-13-25(14-12-19)16-17-5-3-2-4-6-17/h2-3,9-10,15,17-19H,4-8,11-14,16H2,1H3,(H,24,26). The Hall–Kier alpha value is -2.01. The third-order valence-electron chi connectivity index (χ3n) is 6.07. The first kappa shape index (κ1) is 19.3. The smallest absolute Gasteiger partial charge is 0.255 e. The number of carbonyl (C=O) groups is 1. The van der Waals surface area contributed by atoms with Crippen LogP contribution in [0.5, 0.6) is 11.5 Å². The molecule has 1 aliphatic heterocycles. The number of piperidine rings is 1. The van der Waals surface area contributed by atoms with E-state index in [1.54, 1.807) is 7.11 Å². The SMILES string of the molecule is COc1ccc(C(=O)NC2CC2)c(OC2CCN(CC3CC=CCC3)CC2)c1. The molecule has 1 N–H and O–H groups in total. The van der Waals surface area contributed by atoms with E-state index >= 15 is 0 Å². The van der Waals surface area contributed by atoms with Gasteiger partial charge in [-0.3, -0.25) is 4.79 Å². The summed E-state index contributed by atoms with van der Waals surface area (Å²) < 4.78 is 11.7. The molecule has 1 aromatic rings. The molecule has 5 nitrogen and oxygen atoms in total. The number of nitrogens with zero attached hydrogens (tertiary/aromatic N) is 1. The van der Waals surface area contributed by atoms with Crippen LogP contribution in [0, 0.1) is 5.92 Å². The molecular weight excluding hydrogens is 352 g/mol. The molecule has 4 rings (SSSR count). The lowest BCUT2D eigenvalue weighted by atomic mass is 9.93. The predicted octanol–water partition coefficient (Wildman–Crippen LogP) is 3.79. The number of nitrogens with one attached hydrogen (secondary N) is 1. The number of ether oxygens (including phenoxy) is 2. The lowest BCUT2D eigenvalue weighted by Gasteiger charge is -2.35. The monoisotopic (exact) mass is 384 g/mol. The molecule has 1 heterocycles. The molecule has 1 saturated carbocycles. The number of likely N-dealkylation sites (tertiary alicyclic amines) is 1. The van der Waals surface area contributed by atoms with Crippen molar-refractivity contribution in [3.63, 3.8) is 0 Å². The minimum absolute atomic E-state index is 0.0389. The number of hydrogen-bond acceptors (Lipinski definition) is 4. The highest BCUT2D eigenvalue weighted by Gasteiger charge is 2.27. The van der Waals surface area contributed by atoms with E-state index in [0.717, 1.165) is 50.4 Å². The maximum absolute atomic E-state index is 12.6.